The van der Waals surface area contributed by atoms with E-state index in [1.54, 1.807) is 0 Å². The molecule has 0 aromatic heterocycles. The van der Waals surface area contributed by atoms with Crippen molar-refractivity contribution in [2.75, 3.05) is 13.6 Å². The molecule has 1 aromatic carbocycles. The molecule has 3 nitrogen and oxygen atoms in total. The minimum atomic E-state index is 0.131. The number of hydrogen-bond acceptors (Lipinski definition) is 1. The van der Waals surface area contributed by atoms with E-state index in [1.165, 1.54) is 0 Å². The molecule has 2 rings (SSSR count). The van der Waals surface area contributed by atoms with Crippen molar-refractivity contribution in [3.8, 4) is 0 Å². The highest BCUT2D eigenvalue weighted by Gasteiger charge is 2.34. The van der Waals surface area contributed by atoms with Gasteiger partial charge in [0.25, 0.3) is 5.91 Å². The average Bonchev–Trinajstić information content (AvgIpc) is 2.49. The lowest BCUT2D eigenvalue weighted by atomic mass is 10.3. The second-order valence-electron chi connectivity index (χ2n) is 3.54. The minimum absolute atomic E-state index is 0.131. The van der Waals surface area contributed by atoms with Crippen molar-refractivity contribution in [2.24, 2.45) is 0 Å². The van der Waals surface area contributed by atoms with E-state index in [2.05, 4.69) is 5.43 Å². The molecule has 0 saturated carbocycles. The van der Waals surface area contributed by atoms with Crippen LogP contribution >= 0.6 is 0 Å². The van der Waals surface area contributed by atoms with Crippen molar-refractivity contribution >= 4 is 11.6 Å². The maximum atomic E-state index is 11.1. The monoisotopic (exact) mass is 177 g/mol. The number of hydrogen-bond donors (Lipinski definition) is 1. The fourth-order valence-electron chi connectivity index (χ4n) is 1.66. The predicted molar refractivity (Wildman–Crippen MR) is 51.8 cm³/mol. The number of quaternary nitrogens is 1. The first-order valence-electron chi connectivity index (χ1n) is 4.43. The van der Waals surface area contributed by atoms with Crippen LogP contribution in [0.4, 0.5) is 5.69 Å². The van der Waals surface area contributed by atoms with Gasteiger partial charge >= 0.3 is 0 Å². The summed E-state index contributed by atoms with van der Waals surface area (Å²) in [6, 6.07) is 10.0. The van der Waals surface area contributed by atoms with Crippen LogP contribution < -0.4 is 10.0 Å². The number of nitrogens with zero attached hydrogens (tertiary/aromatic N) is 1. The third kappa shape index (κ3) is 1.42. The number of carbonyl (C=O) groups excluding carboxylic acids is 1. The van der Waals surface area contributed by atoms with Gasteiger partial charge in [-0.15, -0.1) is 0 Å². The van der Waals surface area contributed by atoms with Gasteiger partial charge in [-0.05, 0) is 0 Å². The maximum Gasteiger partial charge on any atom is 0.271 e. The van der Waals surface area contributed by atoms with E-state index in [4.69, 9.17) is 0 Å². The van der Waals surface area contributed by atoms with Gasteiger partial charge in [-0.25, -0.2) is 0 Å². The molecule has 1 N–H and O–H groups in total. The molecule has 1 aliphatic heterocycles. The Balaban J connectivity index is 2.31. The highest BCUT2D eigenvalue weighted by Crippen LogP contribution is 2.21. The highest BCUT2D eigenvalue weighted by atomic mass is 16.2. The molecule has 0 unspecified atom stereocenters. The van der Waals surface area contributed by atoms with Crippen LogP contribution in [-0.2, 0) is 4.79 Å². The van der Waals surface area contributed by atoms with E-state index >= 15 is 0 Å². The second kappa shape index (κ2) is 2.85. The lowest BCUT2D eigenvalue weighted by Crippen LogP contribution is -2.52. The number of para-hydroxylation sites is 1. The summed E-state index contributed by atoms with van der Waals surface area (Å²) in [5, 5.41) is 0. The maximum absolute atomic E-state index is 11.1. The molecule has 0 aliphatic carbocycles. The number of benzene rings is 1. The van der Waals surface area contributed by atoms with Gasteiger partial charge in [0, 0.05) is 12.1 Å². The lowest BCUT2D eigenvalue weighted by molar-refractivity contribution is -0.120. The molecule has 0 spiro atoms. The largest absolute Gasteiger partial charge is 0.271 e. The van der Waals surface area contributed by atoms with Crippen molar-refractivity contribution in [3.05, 3.63) is 30.3 Å². The molecule has 13 heavy (non-hydrogen) atoms. The van der Waals surface area contributed by atoms with Crippen LogP contribution in [0.25, 0.3) is 0 Å². The third-order valence-electron chi connectivity index (χ3n) is 2.48. The quantitative estimate of drug-likeness (QED) is 0.638. The average molecular weight is 177 g/mol. The molecule has 1 aliphatic rings. The van der Waals surface area contributed by atoms with Crippen LogP contribution in [0.1, 0.15) is 6.42 Å². The van der Waals surface area contributed by atoms with Gasteiger partial charge in [0.1, 0.15) is 6.54 Å². The summed E-state index contributed by atoms with van der Waals surface area (Å²) < 4.78 is 0.527. The first kappa shape index (κ1) is 8.26. The van der Waals surface area contributed by atoms with Crippen LogP contribution in [0.3, 0.4) is 0 Å². The summed E-state index contributed by atoms with van der Waals surface area (Å²) >= 11 is 0. The molecule has 0 bridgehead atoms. The van der Waals surface area contributed by atoms with Crippen LogP contribution in [-0.4, -0.2) is 19.5 Å². The van der Waals surface area contributed by atoms with Gasteiger partial charge in [0.05, 0.1) is 13.5 Å². The molecular formula is C10H13N2O+. The van der Waals surface area contributed by atoms with E-state index in [0.29, 0.717) is 11.0 Å². The SMILES string of the molecule is C[N@+]1(c2ccccc2)CCC(=O)N1. The van der Waals surface area contributed by atoms with Gasteiger partial charge in [0.2, 0.25) is 0 Å². The standard InChI is InChI=1S/C10H12N2O/c1-12(8-7-10(13)11-12)9-5-3-2-4-6-9/h2-6H,7-8H2,1H3/p+1/t12-/m1/s1. The molecule has 3 heteroatoms. The predicted octanol–water partition coefficient (Wildman–Crippen LogP) is 1.06. The minimum Gasteiger partial charge on any atom is -0.270 e. The molecule has 68 valence electrons. The number of amides is 1. The zero-order valence-corrected chi connectivity index (χ0v) is 7.66. The van der Waals surface area contributed by atoms with Crippen molar-refractivity contribution in [1.82, 2.24) is 10.0 Å². The Morgan fingerprint density at radius 3 is 2.54 bits per heavy atom. The molecule has 0 radical (unpaired) electrons. The highest BCUT2D eigenvalue weighted by molar-refractivity contribution is 5.80. The van der Waals surface area contributed by atoms with E-state index in [-0.39, 0.29) is 5.91 Å². The van der Waals surface area contributed by atoms with Crippen LogP contribution in [0.5, 0.6) is 0 Å². The van der Waals surface area contributed by atoms with Crippen molar-refractivity contribution < 1.29 is 4.79 Å². The van der Waals surface area contributed by atoms with Crippen LogP contribution in [0.2, 0.25) is 0 Å². The van der Waals surface area contributed by atoms with E-state index in [0.717, 1.165) is 12.2 Å². The van der Waals surface area contributed by atoms with Gasteiger partial charge in [-0.1, -0.05) is 18.2 Å². The Kier molecular flexibility index (Phi) is 1.81. The Morgan fingerprint density at radius 2 is 2.00 bits per heavy atom. The molecule has 1 fully saturated rings. The Morgan fingerprint density at radius 1 is 1.31 bits per heavy atom. The van der Waals surface area contributed by atoms with Gasteiger partial charge in [0.15, 0.2) is 5.69 Å². The summed E-state index contributed by atoms with van der Waals surface area (Å²) in [6.45, 7) is 0.836. The van der Waals surface area contributed by atoms with Crippen LogP contribution in [0, 0.1) is 0 Å². The summed E-state index contributed by atoms with van der Waals surface area (Å²) in [5.74, 6) is 0.131. The number of nitrogens with one attached hydrogen (secondary N) is 1. The lowest BCUT2D eigenvalue weighted by Gasteiger charge is -2.26. The molecule has 1 amide bonds. The second-order valence-corrected chi connectivity index (χ2v) is 3.54. The smallest absolute Gasteiger partial charge is 0.270 e. The first-order chi connectivity index (χ1) is 6.21. The van der Waals surface area contributed by atoms with Gasteiger partial charge in [-0.2, -0.15) is 10.0 Å². The van der Waals surface area contributed by atoms with Crippen molar-refractivity contribution in [3.63, 3.8) is 0 Å². The summed E-state index contributed by atoms with van der Waals surface area (Å²) in [7, 11) is 2.01. The fourth-order valence-corrected chi connectivity index (χ4v) is 1.66. The first-order valence-corrected chi connectivity index (χ1v) is 4.43. The summed E-state index contributed by atoms with van der Waals surface area (Å²) in [4.78, 5) is 11.1. The summed E-state index contributed by atoms with van der Waals surface area (Å²) in [5.41, 5.74) is 4.08. The molecule has 1 saturated heterocycles. The van der Waals surface area contributed by atoms with E-state index < -0.39 is 0 Å². The third-order valence-corrected chi connectivity index (χ3v) is 2.48. The molecule has 1 heterocycles. The van der Waals surface area contributed by atoms with E-state index in [1.807, 2.05) is 37.4 Å². The molecule has 1 aromatic rings. The Bertz CT molecular complexity index is 323. The van der Waals surface area contributed by atoms with Crippen molar-refractivity contribution in [1.29, 1.82) is 0 Å². The zero-order valence-electron chi connectivity index (χ0n) is 7.66. The number of carbonyl (C=O) groups is 1. The summed E-state index contributed by atoms with van der Waals surface area (Å²) in [6.07, 6.45) is 0.616. The van der Waals surface area contributed by atoms with Crippen molar-refractivity contribution in [2.45, 2.75) is 6.42 Å². The zero-order chi connectivity index (χ0) is 9.31. The van der Waals surface area contributed by atoms with E-state index in [9.17, 15) is 4.79 Å². The van der Waals surface area contributed by atoms with Gasteiger partial charge in [-0.3, -0.25) is 4.79 Å². The molecule has 1 atom stereocenters. The topological polar surface area (TPSA) is 29.1 Å². The van der Waals surface area contributed by atoms with Gasteiger partial charge < -0.3 is 0 Å². The molecular weight excluding hydrogens is 164 g/mol. The Hall–Kier alpha value is -1.35. The fraction of sp³-hybridized carbons (Fsp3) is 0.300. The normalized spacial score (nSPS) is 27.3. The van der Waals surface area contributed by atoms with Crippen LogP contribution in [0.15, 0.2) is 30.3 Å². The Labute approximate surface area is 77.5 Å². The number of rotatable bonds is 1.